The second-order valence-electron chi connectivity index (χ2n) is 3.93. The summed E-state index contributed by atoms with van der Waals surface area (Å²) < 4.78 is 14.0. The molecule has 0 N–H and O–H groups in total. The molecule has 5 heteroatoms. The summed E-state index contributed by atoms with van der Waals surface area (Å²) in [6.45, 7) is 5.02. The smallest absolute Gasteiger partial charge is 0.134 e. The van der Waals surface area contributed by atoms with Crippen molar-refractivity contribution in [3.63, 3.8) is 0 Å². The Kier molecular flexibility index (Phi) is 4.34. The van der Waals surface area contributed by atoms with E-state index < -0.39 is 0 Å². The molecule has 1 fully saturated rings. The highest BCUT2D eigenvalue weighted by Gasteiger charge is 2.44. The molecule has 1 aromatic carbocycles. The third kappa shape index (κ3) is 3.13. The molecule has 92 valence electrons. The predicted molar refractivity (Wildman–Crippen MR) is 78.5 cm³/mol. The summed E-state index contributed by atoms with van der Waals surface area (Å²) in [4.78, 5) is 0. The molecule has 2 nitrogen and oxygen atoms in total. The zero-order valence-electron chi connectivity index (χ0n) is 9.01. The predicted octanol–water partition coefficient (Wildman–Crippen LogP) is 4.70. The van der Waals surface area contributed by atoms with E-state index in [0.29, 0.717) is 6.61 Å². The molecule has 1 unspecified atom stereocenters. The molecular weight excluding hydrogens is 416 g/mol. The third-order valence-corrected chi connectivity index (χ3v) is 5.90. The molecular formula is C12H11Br3O2. The van der Waals surface area contributed by atoms with E-state index in [1.165, 1.54) is 0 Å². The molecule has 1 saturated heterocycles. The second-order valence-corrected chi connectivity index (χ2v) is 6.37. The lowest BCUT2D eigenvalue weighted by Gasteiger charge is -2.13. The fraction of sp³-hybridized carbons (Fsp3) is 0.333. The zero-order chi connectivity index (χ0) is 12.5. The number of ether oxygens (including phenoxy) is 2. The van der Waals surface area contributed by atoms with Crippen LogP contribution in [-0.4, -0.2) is 18.8 Å². The summed E-state index contributed by atoms with van der Waals surface area (Å²) in [7, 11) is 0. The highest BCUT2D eigenvalue weighted by Crippen LogP contribution is 2.39. The summed E-state index contributed by atoms with van der Waals surface area (Å²) >= 11 is 10.4. The minimum atomic E-state index is -0.152. The Morgan fingerprint density at radius 2 is 2.06 bits per heavy atom. The van der Waals surface area contributed by atoms with E-state index in [2.05, 4.69) is 54.4 Å². The Balaban J connectivity index is 2.05. The quantitative estimate of drug-likeness (QED) is 0.387. The Bertz CT molecular complexity index is 442. The van der Waals surface area contributed by atoms with Crippen LogP contribution >= 0.6 is 47.8 Å². The lowest BCUT2D eigenvalue weighted by Crippen LogP contribution is -2.20. The Morgan fingerprint density at radius 1 is 1.35 bits per heavy atom. The van der Waals surface area contributed by atoms with Crippen LogP contribution in [0.3, 0.4) is 0 Å². The van der Waals surface area contributed by atoms with Gasteiger partial charge in [0.25, 0.3) is 0 Å². The van der Waals surface area contributed by atoms with Crippen molar-refractivity contribution >= 4 is 47.8 Å². The van der Waals surface area contributed by atoms with Crippen molar-refractivity contribution in [2.75, 3.05) is 13.2 Å². The van der Waals surface area contributed by atoms with Crippen molar-refractivity contribution in [1.82, 2.24) is 0 Å². The molecule has 0 aliphatic carbocycles. The largest absolute Gasteiger partial charge is 0.489 e. The molecule has 1 aromatic rings. The fourth-order valence-electron chi connectivity index (χ4n) is 1.45. The number of benzene rings is 1. The van der Waals surface area contributed by atoms with Crippen LogP contribution < -0.4 is 4.74 Å². The molecule has 0 amide bonds. The minimum absolute atomic E-state index is 0.152. The number of hydrogen-bond donors (Lipinski definition) is 0. The van der Waals surface area contributed by atoms with E-state index in [1.807, 2.05) is 18.2 Å². The van der Waals surface area contributed by atoms with Crippen LogP contribution in [0, 0.1) is 0 Å². The first kappa shape index (κ1) is 13.6. The average molecular weight is 427 g/mol. The van der Waals surface area contributed by atoms with Gasteiger partial charge in [-0.3, -0.25) is 0 Å². The van der Waals surface area contributed by atoms with Crippen molar-refractivity contribution in [3.05, 3.63) is 38.2 Å². The number of hydrogen-bond acceptors (Lipinski definition) is 2. The van der Waals surface area contributed by atoms with Crippen LogP contribution in [0.25, 0.3) is 0 Å². The topological polar surface area (TPSA) is 21.8 Å². The molecule has 0 saturated carbocycles. The number of halogens is 3. The maximum Gasteiger partial charge on any atom is 0.134 e. The molecule has 17 heavy (non-hydrogen) atoms. The Morgan fingerprint density at radius 3 is 2.65 bits per heavy atom. The first-order chi connectivity index (χ1) is 8.08. The van der Waals surface area contributed by atoms with Crippen molar-refractivity contribution < 1.29 is 9.47 Å². The van der Waals surface area contributed by atoms with Gasteiger partial charge < -0.3 is 9.47 Å². The molecule has 1 heterocycles. The van der Waals surface area contributed by atoms with Crippen LogP contribution in [-0.2, 0) is 4.74 Å². The van der Waals surface area contributed by atoms with Gasteiger partial charge in [0.05, 0.1) is 11.1 Å². The first-order valence-electron chi connectivity index (χ1n) is 5.09. The summed E-state index contributed by atoms with van der Waals surface area (Å²) in [6, 6.07) is 3.86. The van der Waals surface area contributed by atoms with Crippen molar-refractivity contribution in [2.24, 2.45) is 0 Å². The van der Waals surface area contributed by atoms with Gasteiger partial charge >= 0.3 is 0 Å². The molecule has 1 aliphatic heterocycles. The van der Waals surface area contributed by atoms with Gasteiger partial charge in [-0.25, -0.2) is 0 Å². The normalized spacial score (nSPS) is 22.3. The summed E-state index contributed by atoms with van der Waals surface area (Å²) in [6.07, 6.45) is 2.69. The van der Waals surface area contributed by atoms with Gasteiger partial charge in [0, 0.05) is 8.95 Å². The second kappa shape index (κ2) is 5.43. The number of rotatable bonds is 5. The molecule has 0 aromatic heterocycles. The monoisotopic (exact) mass is 424 g/mol. The zero-order valence-corrected chi connectivity index (χ0v) is 13.8. The molecule has 1 aliphatic rings. The van der Waals surface area contributed by atoms with E-state index in [0.717, 1.165) is 32.2 Å². The minimum Gasteiger partial charge on any atom is -0.489 e. The highest BCUT2D eigenvalue weighted by atomic mass is 79.9. The Hall–Kier alpha value is 0.160. The van der Waals surface area contributed by atoms with Gasteiger partial charge in [-0.15, -0.1) is 6.58 Å². The molecule has 0 radical (unpaired) electrons. The van der Waals surface area contributed by atoms with Gasteiger partial charge in [-0.05, 0) is 66.3 Å². The van der Waals surface area contributed by atoms with Gasteiger partial charge in [0.2, 0.25) is 0 Å². The van der Waals surface area contributed by atoms with Gasteiger partial charge in [-0.1, -0.05) is 6.08 Å². The van der Waals surface area contributed by atoms with Crippen molar-refractivity contribution in [2.45, 2.75) is 12.0 Å². The molecule has 0 bridgehead atoms. The summed E-state index contributed by atoms with van der Waals surface area (Å²) in [5.74, 6) is 0.805. The van der Waals surface area contributed by atoms with E-state index in [-0.39, 0.29) is 5.60 Å². The van der Waals surface area contributed by atoms with E-state index >= 15 is 0 Å². The van der Waals surface area contributed by atoms with Gasteiger partial charge in [0.1, 0.15) is 18.0 Å². The van der Waals surface area contributed by atoms with E-state index in [9.17, 15) is 0 Å². The number of epoxide rings is 1. The van der Waals surface area contributed by atoms with Crippen molar-refractivity contribution in [1.29, 1.82) is 0 Å². The summed E-state index contributed by atoms with van der Waals surface area (Å²) in [5, 5.41) is 0. The fourth-order valence-corrected chi connectivity index (χ4v) is 2.84. The van der Waals surface area contributed by atoms with Crippen LogP contribution in [0.1, 0.15) is 6.42 Å². The summed E-state index contributed by atoms with van der Waals surface area (Å²) in [5.41, 5.74) is -0.152. The van der Waals surface area contributed by atoms with Crippen LogP contribution in [0.15, 0.2) is 38.2 Å². The molecule has 0 spiro atoms. The van der Waals surface area contributed by atoms with E-state index in [4.69, 9.17) is 9.47 Å². The Labute approximate surface area is 126 Å². The SMILES string of the molecule is C=CCC1(COc2ccc(Br)c(Br)c2Br)CO1. The average Bonchev–Trinajstić information content (AvgIpc) is 3.06. The van der Waals surface area contributed by atoms with Crippen LogP contribution in [0.4, 0.5) is 0 Å². The first-order valence-corrected chi connectivity index (χ1v) is 7.47. The maximum absolute atomic E-state index is 5.78. The molecule has 2 rings (SSSR count). The lowest BCUT2D eigenvalue weighted by molar-refractivity contribution is 0.189. The maximum atomic E-state index is 5.78. The van der Waals surface area contributed by atoms with E-state index in [1.54, 1.807) is 0 Å². The van der Waals surface area contributed by atoms with Gasteiger partial charge in [-0.2, -0.15) is 0 Å². The van der Waals surface area contributed by atoms with Gasteiger partial charge in [0.15, 0.2) is 0 Å². The lowest BCUT2D eigenvalue weighted by atomic mass is 10.1. The van der Waals surface area contributed by atoms with Crippen LogP contribution in [0.5, 0.6) is 5.75 Å². The van der Waals surface area contributed by atoms with Crippen LogP contribution in [0.2, 0.25) is 0 Å². The van der Waals surface area contributed by atoms with Crippen molar-refractivity contribution in [3.8, 4) is 5.75 Å². The molecule has 1 atom stereocenters. The third-order valence-electron chi connectivity index (χ3n) is 2.56. The standard InChI is InChI=1S/C12H11Br3O2/c1-2-5-12(7-17-12)6-16-9-4-3-8(13)10(14)11(9)15/h2-4H,1,5-7H2. The highest BCUT2D eigenvalue weighted by molar-refractivity contribution is 9.14.